The number of hydrogen-bond acceptors (Lipinski definition) is 6. The van der Waals surface area contributed by atoms with Crippen molar-refractivity contribution in [3.05, 3.63) is 59.9 Å². The van der Waals surface area contributed by atoms with E-state index in [-0.39, 0.29) is 29.5 Å². The number of methoxy groups -OCH3 is 1. The van der Waals surface area contributed by atoms with Gasteiger partial charge in [-0.3, -0.25) is 14.9 Å². The van der Waals surface area contributed by atoms with Crippen molar-refractivity contribution in [1.29, 1.82) is 0 Å². The maximum atomic E-state index is 13.1. The summed E-state index contributed by atoms with van der Waals surface area (Å²) in [4.78, 5) is 28.2. The largest absolute Gasteiger partial charge is 0.493 e. The molecule has 1 aliphatic rings. The summed E-state index contributed by atoms with van der Waals surface area (Å²) in [5, 5.41) is 8.97. The first-order valence-corrected chi connectivity index (χ1v) is 9.72. The molecule has 172 valence electrons. The van der Waals surface area contributed by atoms with Crippen molar-refractivity contribution in [2.24, 2.45) is 0 Å². The summed E-state index contributed by atoms with van der Waals surface area (Å²) in [6, 6.07) is 9.12. The highest BCUT2D eigenvalue weighted by atomic mass is 19.4. The van der Waals surface area contributed by atoms with Crippen LogP contribution in [0.3, 0.4) is 0 Å². The SMILES string of the molecule is COc1cc([C@H]2CC(=O)Nc3ncnn32)ccc1OCC(=O)Nc1ccccc1C(F)(F)F. The Morgan fingerprint density at radius 1 is 1.24 bits per heavy atom. The number of benzene rings is 2. The van der Waals surface area contributed by atoms with Gasteiger partial charge in [0.05, 0.1) is 30.8 Å². The van der Waals surface area contributed by atoms with Crippen LogP contribution in [0.5, 0.6) is 11.5 Å². The smallest absolute Gasteiger partial charge is 0.418 e. The van der Waals surface area contributed by atoms with E-state index in [1.54, 1.807) is 22.9 Å². The second kappa shape index (κ2) is 8.81. The van der Waals surface area contributed by atoms with Crippen molar-refractivity contribution < 1.29 is 32.2 Å². The Balaban J connectivity index is 1.47. The van der Waals surface area contributed by atoms with E-state index in [0.717, 1.165) is 12.1 Å². The summed E-state index contributed by atoms with van der Waals surface area (Å²) in [6.07, 6.45) is -3.14. The van der Waals surface area contributed by atoms with Crippen LogP contribution in [-0.2, 0) is 15.8 Å². The first-order chi connectivity index (χ1) is 15.8. The topological polar surface area (TPSA) is 107 Å². The number of anilines is 2. The molecule has 4 rings (SSSR count). The molecule has 0 fully saturated rings. The zero-order chi connectivity index (χ0) is 23.6. The second-order valence-corrected chi connectivity index (χ2v) is 7.09. The van der Waals surface area contributed by atoms with E-state index in [0.29, 0.717) is 11.5 Å². The van der Waals surface area contributed by atoms with E-state index in [2.05, 4.69) is 20.7 Å². The minimum atomic E-state index is -4.61. The molecular formula is C21H18F3N5O4. The zero-order valence-corrected chi connectivity index (χ0v) is 17.2. The predicted molar refractivity (Wildman–Crippen MR) is 110 cm³/mol. The van der Waals surface area contributed by atoms with Crippen LogP contribution in [0.15, 0.2) is 48.8 Å². The quantitative estimate of drug-likeness (QED) is 0.584. The fourth-order valence-corrected chi connectivity index (χ4v) is 3.44. The van der Waals surface area contributed by atoms with Crippen LogP contribution < -0.4 is 20.1 Å². The van der Waals surface area contributed by atoms with Crippen molar-refractivity contribution >= 4 is 23.5 Å². The third kappa shape index (κ3) is 4.73. The van der Waals surface area contributed by atoms with Gasteiger partial charge in [0.1, 0.15) is 6.33 Å². The summed E-state index contributed by atoms with van der Waals surface area (Å²) in [7, 11) is 1.40. The number of nitrogens with one attached hydrogen (secondary N) is 2. The predicted octanol–water partition coefficient (Wildman–Crippen LogP) is 3.25. The molecule has 0 bridgehead atoms. The minimum Gasteiger partial charge on any atom is -0.493 e. The highest BCUT2D eigenvalue weighted by molar-refractivity contribution is 5.93. The van der Waals surface area contributed by atoms with E-state index in [4.69, 9.17) is 9.47 Å². The van der Waals surface area contributed by atoms with Crippen LogP contribution in [0.2, 0.25) is 0 Å². The molecule has 0 saturated carbocycles. The molecule has 2 heterocycles. The maximum Gasteiger partial charge on any atom is 0.418 e. The highest BCUT2D eigenvalue weighted by Gasteiger charge is 2.33. The number of rotatable bonds is 6. The molecule has 1 atom stereocenters. The van der Waals surface area contributed by atoms with E-state index in [1.807, 2.05) is 0 Å². The van der Waals surface area contributed by atoms with E-state index in [1.165, 1.54) is 25.6 Å². The first-order valence-electron chi connectivity index (χ1n) is 9.72. The summed E-state index contributed by atoms with van der Waals surface area (Å²) in [5.41, 5.74) is -0.617. The second-order valence-electron chi connectivity index (χ2n) is 7.09. The van der Waals surface area contributed by atoms with Gasteiger partial charge in [0.2, 0.25) is 11.9 Å². The van der Waals surface area contributed by atoms with Gasteiger partial charge < -0.3 is 14.8 Å². The summed E-state index contributed by atoms with van der Waals surface area (Å²) < 4.78 is 51.7. The number of aromatic nitrogens is 3. The lowest BCUT2D eigenvalue weighted by Crippen LogP contribution is -2.29. The molecule has 1 aliphatic heterocycles. The van der Waals surface area contributed by atoms with E-state index < -0.39 is 30.3 Å². The number of carbonyl (C=O) groups excluding carboxylic acids is 2. The molecular weight excluding hydrogens is 443 g/mol. The number of fused-ring (bicyclic) bond motifs is 1. The fourth-order valence-electron chi connectivity index (χ4n) is 3.44. The van der Waals surface area contributed by atoms with Crippen molar-refractivity contribution in [3.8, 4) is 11.5 Å². The molecule has 33 heavy (non-hydrogen) atoms. The third-order valence-corrected chi connectivity index (χ3v) is 4.94. The molecule has 2 aromatic carbocycles. The van der Waals surface area contributed by atoms with Crippen LogP contribution in [0.1, 0.15) is 23.6 Å². The molecule has 12 heteroatoms. The number of nitrogens with zero attached hydrogens (tertiary/aromatic N) is 3. The molecule has 9 nitrogen and oxygen atoms in total. The molecule has 2 N–H and O–H groups in total. The zero-order valence-electron chi connectivity index (χ0n) is 17.2. The number of carbonyl (C=O) groups is 2. The molecule has 0 aliphatic carbocycles. The van der Waals surface area contributed by atoms with Gasteiger partial charge in [0, 0.05) is 0 Å². The van der Waals surface area contributed by atoms with Crippen LogP contribution >= 0.6 is 0 Å². The fraction of sp³-hybridized carbons (Fsp3) is 0.238. The highest BCUT2D eigenvalue weighted by Crippen LogP contribution is 2.36. The van der Waals surface area contributed by atoms with Gasteiger partial charge in [-0.1, -0.05) is 18.2 Å². The van der Waals surface area contributed by atoms with Gasteiger partial charge in [0.25, 0.3) is 5.91 Å². The van der Waals surface area contributed by atoms with Crippen LogP contribution in [0.25, 0.3) is 0 Å². The Morgan fingerprint density at radius 2 is 2.03 bits per heavy atom. The van der Waals surface area contributed by atoms with E-state index >= 15 is 0 Å². The van der Waals surface area contributed by atoms with Crippen molar-refractivity contribution in [2.45, 2.75) is 18.6 Å². The van der Waals surface area contributed by atoms with Crippen LogP contribution in [0.4, 0.5) is 24.8 Å². The lowest BCUT2D eigenvalue weighted by Gasteiger charge is -2.24. The van der Waals surface area contributed by atoms with E-state index in [9.17, 15) is 22.8 Å². The maximum absolute atomic E-state index is 13.1. The number of ether oxygens (including phenoxy) is 2. The molecule has 2 amide bonds. The van der Waals surface area contributed by atoms with Gasteiger partial charge in [0.15, 0.2) is 18.1 Å². The standard InChI is InChI=1S/C21H18F3N5O4/c1-32-17-8-12(15-9-18(30)28-20-25-11-26-29(15)20)6-7-16(17)33-10-19(31)27-14-5-3-2-4-13(14)21(22,23)24/h2-8,11,15H,9-10H2,1H3,(H,27,31)(H,25,26,28,30)/t15-/m1/s1. The van der Waals surface area contributed by atoms with Gasteiger partial charge in [-0.15, -0.1) is 0 Å². The normalized spacial score (nSPS) is 15.4. The summed E-state index contributed by atoms with van der Waals surface area (Å²) in [5.74, 6) is -0.167. The third-order valence-electron chi connectivity index (χ3n) is 4.94. The Labute approximate surface area is 185 Å². The Kier molecular flexibility index (Phi) is 5.90. The molecule has 0 spiro atoms. The Morgan fingerprint density at radius 3 is 2.79 bits per heavy atom. The molecule has 0 unspecified atom stereocenters. The van der Waals surface area contributed by atoms with Crippen molar-refractivity contribution in [1.82, 2.24) is 14.8 Å². The van der Waals surface area contributed by atoms with Crippen LogP contribution in [-0.4, -0.2) is 40.3 Å². The lowest BCUT2D eigenvalue weighted by molar-refractivity contribution is -0.137. The average Bonchev–Trinajstić information content (AvgIpc) is 3.25. The molecule has 0 radical (unpaired) electrons. The Bertz CT molecular complexity index is 1190. The number of halogens is 3. The van der Waals surface area contributed by atoms with Crippen molar-refractivity contribution in [3.63, 3.8) is 0 Å². The number of amides is 2. The van der Waals surface area contributed by atoms with Gasteiger partial charge >= 0.3 is 6.18 Å². The Hall–Kier alpha value is -4.09. The molecule has 1 aromatic heterocycles. The summed E-state index contributed by atoms with van der Waals surface area (Å²) in [6.45, 7) is -0.541. The number of para-hydroxylation sites is 1. The van der Waals surface area contributed by atoms with Gasteiger partial charge in [-0.05, 0) is 29.8 Å². The van der Waals surface area contributed by atoms with Gasteiger partial charge in [-0.2, -0.15) is 23.3 Å². The number of hydrogen-bond donors (Lipinski definition) is 2. The molecule has 0 saturated heterocycles. The minimum absolute atomic E-state index is 0.140. The average molecular weight is 461 g/mol. The van der Waals surface area contributed by atoms with Crippen molar-refractivity contribution in [2.75, 3.05) is 24.4 Å². The lowest BCUT2D eigenvalue weighted by atomic mass is 10.0. The van der Waals surface area contributed by atoms with Gasteiger partial charge in [-0.25, -0.2) is 4.68 Å². The van der Waals surface area contributed by atoms with Crippen LogP contribution in [0, 0.1) is 0 Å². The monoisotopic (exact) mass is 461 g/mol. The summed E-state index contributed by atoms with van der Waals surface area (Å²) >= 11 is 0. The first kappa shape index (κ1) is 22.1. The number of alkyl halides is 3. The molecule has 3 aromatic rings.